The molecule has 0 aliphatic carbocycles. The van der Waals surface area contributed by atoms with Crippen LogP contribution in [0.5, 0.6) is 0 Å². The molecule has 1 heterocycles. The normalized spacial score (nSPS) is 11.2. The Morgan fingerprint density at radius 2 is 2.00 bits per heavy atom. The molecule has 8 nitrogen and oxygen atoms in total. The highest BCUT2D eigenvalue weighted by molar-refractivity contribution is 7.89. The average Bonchev–Trinajstić information content (AvgIpc) is 2.86. The van der Waals surface area contributed by atoms with E-state index in [1.165, 1.54) is 0 Å². The molecule has 0 fully saturated rings. The van der Waals surface area contributed by atoms with E-state index in [0.717, 1.165) is 18.6 Å². The topological polar surface area (TPSA) is 126 Å². The van der Waals surface area contributed by atoms with Gasteiger partial charge in [-0.3, -0.25) is 4.79 Å². The van der Waals surface area contributed by atoms with Crippen LogP contribution in [0.1, 0.15) is 30.3 Å². The van der Waals surface area contributed by atoms with Gasteiger partial charge in [-0.25, -0.2) is 17.9 Å². The molecule has 0 bridgehead atoms. The molecule has 0 atom stereocenters. The van der Waals surface area contributed by atoms with E-state index in [1.807, 2.05) is 6.92 Å². The van der Waals surface area contributed by atoms with E-state index in [9.17, 15) is 18.0 Å². The van der Waals surface area contributed by atoms with Gasteiger partial charge < -0.3 is 14.8 Å². The highest BCUT2D eigenvalue weighted by atomic mass is 32.2. The lowest BCUT2D eigenvalue weighted by molar-refractivity contribution is -0.120. The molecule has 9 heteroatoms. The van der Waals surface area contributed by atoms with Crippen molar-refractivity contribution >= 4 is 21.9 Å². The van der Waals surface area contributed by atoms with Crippen LogP contribution in [0.25, 0.3) is 0 Å². The Hall–Kier alpha value is -1.87. The highest BCUT2D eigenvalue weighted by Gasteiger charge is 2.20. The van der Waals surface area contributed by atoms with Crippen molar-refractivity contribution in [3.63, 3.8) is 0 Å². The van der Waals surface area contributed by atoms with E-state index in [-0.39, 0.29) is 18.9 Å². The van der Waals surface area contributed by atoms with Crippen LogP contribution in [0, 0.1) is 0 Å². The summed E-state index contributed by atoms with van der Waals surface area (Å²) in [5.74, 6) is -2.09. The van der Waals surface area contributed by atoms with Crippen LogP contribution >= 0.6 is 0 Å². The minimum Gasteiger partial charge on any atom is -0.475 e. The fraction of sp³-hybridized carbons (Fsp3) is 0.455. The molecule has 0 aliphatic rings. The Kier molecular flexibility index (Phi) is 5.71. The van der Waals surface area contributed by atoms with Gasteiger partial charge in [-0.2, -0.15) is 0 Å². The van der Waals surface area contributed by atoms with Gasteiger partial charge in [0.25, 0.3) is 10.0 Å². The zero-order valence-electron chi connectivity index (χ0n) is 10.9. The Morgan fingerprint density at radius 3 is 2.55 bits per heavy atom. The molecule has 0 saturated carbocycles. The van der Waals surface area contributed by atoms with Gasteiger partial charge in [-0.05, 0) is 18.6 Å². The number of nitrogens with one attached hydrogen (secondary N) is 2. The van der Waals surface area contributed by atoms with Gasteiger partial charge in [0.05, 0.1) is 0 Å². The first kappa shape index (κ1) is 16.2. The summed E-state index contributed by atoms with van der Waals surface area (Å²) in [7, 11) is -3.95. The molecule has 0 aliphatic heterocycles. The zero-order valence-corrected chi connectivity index (χ0v) is 11.7. The lowest BCUT2D eigenvalue weighted by atomic mass is 10.4. The van der Waals surface area contributed by atoms with Crippen LogP contribution in [0.3, 0.4) is 0 Å². The molecule has 0 radical (unpaired) electrons. The Labute approximate surface area is 116 Å². The van der Waals surface area contributed by atoms with Crippen molar-refractivity contribution in [3.05, 3.63) is 17.9 Å². The third-order valence-corrected chi connectivity index (χ3v) is 3.61. The minimum atomic E-state index is -3.95. The largest absolute Gasteiger partial charge is 0.475 e. The van der Waals surface area contributed by atoms with Gasteiger partial charge in [-0.1, -0.05) is 6.92 Å². The molecule has 0 saturated heterocycles. The first-order chi connectivity index (χ1) is 9.36. The summed E-state index contributed by atoms with van der Waals surface area (Å²) >= 11 is 0. The van der Waals surface area contributed by atoms with Crippen molar-refractivity contribution < 1.29 is 27.5 Å². The van der Waals surface area contributed by atoms with E-state index in [2.05, 4.69) is 14.5 Å². The molecule has 112 valence electrons. The van der Waals surface area contributed by atoms with Gasteiger partial charge in [-0.15, -0.1) is 0 Å². The maximum atomic E-state index is 11.7. The van der Waals surface area contributed by atoms with Crippen LogP contribution < -0.4 is 10.0 Å². The first-order valence-electron chi connectivity index (χ1n) is 5.96. The lowest BCUT2D eigenvalue weighted by Gasteiger charge is -2.05. The number of furan rings is 1. The number of hydrogen-bond donors (Lipinski definition) is 3. The second-order valence-corrected chi connectivity index (χ2v) is 5.62. The number of sulfonamides is 1. The van der Waals surface area contributed by atoms with Gasteiger partial charge in [0, 0.05) is 19.5 Å². The molecule has 1 amide bonds. The van der Waals surface area contributed by atoms with Gasteiger partial charge in [0.15, 0.2) is 0 Å². The van der Waals surface area contributed by atoms with E-state index < -0.39 is 26.8 Å². The molecule has 0 unspecified atom stereocenters. The smallest absolute Gasteiger partial charge is 0.371 e. The number of amides is 1. The Morgan fingerprint density at radius 1 is 1.30 bits per heavy atom. The SMILES string of the molecule is CCCNC(=O)CCNS(=O)(=O)c1ccc(C(=O)O)o1. The lowest BCUT2D eigenvalue weighted by Crippen LogP contribution is -2.31. The standard InChI is InChI=1S/C11H16N2O6S/c1-2-6-12-9(14)5-7-13-20(17,18)10-4-3-8(19-10)11(15)16/h3-4,13H,2,5-7H2,1H3,(H,12,14)(H,15,16). The quantitative estimate of drug-likeness (QED) is 0.628. The third-order valence-electron chi connectivity index (χ3n) is 2.27. The van der Waals surface area contributed by atoms with Crippen molar-refractivity contribution in [2.45, 2.75) is 24.9 Å². The van der Waals surface area contributed by atoms with Crippen molar-refractivity contribution in [2.75, 3.05) is 13.1 Å². The van der Waals surface area contributed by atoms with Crippen molar-refractivity contribution in [3.8, 4) is 0 Å². The number of carbonyl (C=O) groups excluding carboxylic acids is 1. The van der Waals surface area contributed by atoms with Gasteiger partial charge in [0.1, 0.15) is 0 Å². The van der Waals surface area contributed by atoms with Crippen LogP contribution in [-0.2, 0) is 14.8 Å². The molecular formula is C11H16N2O6S. The van der Waals surface area contributed by atoms with E-state index in [4.69, 9.17) is 5.11 Å². The third kappa shape index (κ3) is 4.67. The average molecular weight is 304 g/mol. The summed E-state index contributed by atoms with van der Waals surface area (Å²) in [5, 5.41) is 10.7. The van der Waals surface area contributed by atoms with E-state index >= 15 is 0 Å². The maximum absolute atomic E-state index is 11.7. The fourth-order valence-electron chi connectivity index (χ4n) is 1.30. The van der Waals surface area contributed by atoms with Crippen LogP contribution in [0.4, 0.5) is 0 Å². The maximum Gasteiger partial charge on any atom is 0.371 e. The molecule has 1 rings (SSSR count). The second-order valence-electron chi connectivity index (χ2n) is 3.92. The number of aromatic carboxylic acids is 1. The minimum absolute atomic E-state index is 0.00821. The molecular weight excluding hydrogens is 288 g/mol. The van der Waals surface area contributed by atoms with Crippen molar-refractivity contribution in [1.82, 2.24) is 10.0 Å². The van der Waals surface area contributed by atoms with Gasteiger partial charge in [0.2, 0.25) is 16.8 Å². The number of carboxylic acid groups (broad SMARTS) is 1. The summed E-state index contributed by atoms with van der Waals surface area (Å²) < 4.78 is 30.3. The summed E-state index contributed by atoms with van der Waals surface area (Å²) in [5.41, 5.74) is 0. The predicted molar refractivity (Wildman–Crippen MR) is 68.8 cm³/mol. The Balaban J connectivity index is 2.53. The summed E-state index contributed by atoms with van der Waals surface area (Å²) in [4.78, 5) is 21.9. The van der Waals surface area contributed by atoms with E-state index in [0.29, 0.717) is 6.54 Å². The zero-order chi connectivity index (χ0) is 15.2. The second kappa shape index (κ2) is 7.06. The molecule has 0 aromatic carbocycles. The molecule has 3 N–H and O–H groups in total. The Bertz CT molecular complexity index is 577. The van der Waals surface area contributed by atoms with Crippen LogP contribution in [0.15, 0.2) is 21.6 Å². The number of carboxylic acids is 1. The molecule has 1 aromatic rings. The van der Waals surface area contributed by atoms with Crippen molar-refractivity contribution in [2.24, 2.45) is 0 Å². The molecule has 20 heavy (non-hydrogen) atoms. The first-order valence-corrected chi connectivity index (χ1v) is 7.44. The van der Waals surface area contributed by atoms with Crippen LogP contribution in [0.2, 0.25) is 0 Å². The van der Waals surface area contributed by atoms with Crippen LogP contribution in [-0.4, -0.2) is 38.5 Å². The highest BCUT2D eigenvalue weighted by Crippen LogP contribution is 2.13. The number of rotatable bonds is 8. The fourth-order valence-corrected chi connectivity index (χ4v) is 2.26. The van der Waals surface area contributed by atoms with E-state index in [1.54, 1.807) is 0 Å². The number of carbonyl (C=O) groups is 2. The predicted octanol–water partition coefficient (Wildman–Crippen LogP) is 0.172. The summed E-state index contributed by atoms with van der Waals surface area (Å²) in [6, 6.07) is 2.09. The molecule has 0 spiro atoms. The number of hydrogen-bond acceptors (Lipinski definition) is 5. The summed E-state index contributed by atoms with van der Waals surface area (Å²) in [6.07, 6.45) is 0.785. The summed E-state index contributed by atoms with van der Waals surface area (Å²) in [6.45, 7) is 2.34. The molecule has 1 aromatic heterocycles. The van der Waals surface area contributed by atoms with Crippen molar-refractivity contribution in [1.29, 1.82) is 0 Å². The van der Waals surface area contributed by atoms with Gasteiger partial charge >= 0.3 is 5.97 Å². The monoisotopic (exact) mass is 304 g/mol.